The lowest BCUT2D eigenvalue weighted by Gasteiger charge is -2.37. The second-order valence-electron chi connectivity index (χ2n) is 7.81. The summed E-state index contributed by atoms with van der Waals surface area (Å²) >= 11 is 0. The summed E-state index contributed by atoms with van der Waals surface area (Å²) in [5, 5.41) is 2.72. The summed E-state index contributed by atoms with van der Waals surface area (Å²) in [5.74, 6) is 1.57. The average molecular weight is 357 g/mol. The summed E-state index contributed by atoms with van der Waals surface area (Å²) < 4.78 is 0. The van der Waals surface area contributed by atoms with Crippen LogP contribution in [-0.2, 0) is 0 Å². The van der Waals surface area contributed by atoms with Crippen LogP contribution in [0.1, 0.15) is 48.0 Å². The molecule has 2 saturated heterocycles. The molecular weight excluding hydrogens is 326 g/mol. The van der Waals surface area contributed by atoms with E-state index in [0.717, 1.165) is 68.3 Å². The third-order valence-electron chi connectivity index (χ3n) is 6.14. The summed E-state index contributed by atoms with van der Waals surface area (Å²) in [5.41, 5.74) is 3.08. The van der Waals surface area contributed by atoms with Crippen molar-refractivity contribution in [3.05, 3.63) is 29.3 Å². The predicted molar refractivity (Wildman–Crippen MR) is 105 cm³/mol. The van der Waals surface area contributed by atoms with Crippen LogP contribution in [0, 0.1) is 18.8 Å². The lowest BCUT2D eigenvalue weighted by Crippen LogP contribution is -2.43. The molecule has 2 fully saturated rings. The monoisotopic (exact) mass is 357 g/mol. The minimum absolute atomic E-state index is 0.0626. The van der Waals surface area contributed by atoms with E-state index in [0.29, 0.717) is 0 Å². The number of urea groups is 1. The van der Waals surface area contributed by atoms with Crippen LogP contribution in [0.3, 0.4) is 0 Å². The van der Waals surface area contributed by atoms with Gasteiger partial charge in [-0.15, -0.1) is 0 Å². The Balaban J connectivity index is 1.45. The van der Waals surface area contributed by atoms with Crippen molar-refractivity contribution < 1.29 is 9.59 Å². The largest absolute Gasteiger partial charge is 0.372 e. The van der Waals surface area contributed by atoms with Crippen molar-refractivity contribution in [1.29, 1.82) is 0 Å². The molecule has 3 rings (SSSR count). The van der Waals surface area contributed by atoms with Gasteiger partial charge in [-0.2, -0.15) is 0 Å². The number of hydrogen-bond acceptors (Lipinski definition) is 3. The number of likely N-dealkylation sites (tertiary alicyclic amines) is 1. The molecule has 0 aliphatic carbocycles. The quantitative estimate of drug-likeness (QED) is 0.840. The van der Waals surface area contributed by atoms with Gasteiger partial charge in [0.05, 0.1) is 0 Å². The number of amides is 2. The molecule has 0 atom stereocenters. The van der Waals surface area contributed by atoms with Gasteiger partial charge in [-0.25, -0.2) is 4.79 Å². The number of rotatable bonds is 4. The highest BCUT2D eigenvalue weighted by molar-refractivity contribution is 5.78. The maximum Gasteiger partial charge on any atom is 0.317 e. The fourth-order valence-electron chi connectivity index (χ4n) is 4.42. The molecule has 2 amide bonds. The van der Waals surface area contributed by atoms with E-state index in [9.17, 15) is 9.59 Å². The number of nitrogens with one attached hydrogen (secondary N) is 1. The van der Waals surface area contributed by atoms with E-state index in [2.05, 4.69) is 22.3 Å². The van der Waals surface area contributed by atoms with Crippen molar-refractivity contribution in [3.63, 3.8) is 0 Å². The second kappa shape index (κ2) is 8.56. The molecule has 5 nitrogen and oxygen atoms in total. The Morgan fingerprint density at radius 3 is 2.27 bits per heavy atom. The Kier molecular flexibility index (Phi) is 6.17. The summed E-state index contributed by atoms with van der Waals surface area (Å²) in [6, 6.07) is 6.21. The lowest BCUT2D eigenvalue weighted by molar-refractivity contribution is 0.112. The van der Waals surface area contributed by atoms with E-state index in [-0.39, 0.29) is 6.03 Å². The molecule has 2 heterocycles. The molecule has 1 aromatic rings. The van der Waals surface area contributed by atoms with Crippen molar-refractivity contribution in [3.8, 4) is 0 Å². The standard InChI is InChI=1S/C21H31N3O2/c1-16-13-20(4-3-19(16)15-25)23-9-5-17(6-10-23)14-18-7-11-24(12-8-18)21(26)22-2/h3-4,13,15,17-18H,5-12,14H2,1-2H3,(H,22,26). The highest BCUT2D eigenvalue weighted by Crippen LogP contribution is 2.31. The van der Waals surface area contributed by atoms with Gasteiger partial charge in [-0.3, -0.25) is 4.79 Å². The first-order valence-corrected chi connectivity index (χ1v) is 9.88. The zero-order valence-corrected chi connectivity index (χ0v) is 16.0. The Bertz CT molecular complexity index is 630. The predicted octanol–water partition coefficient (Wildman–Crippen LogP) is 3.47. The van der Waals surface area contributed by atoms with Gasteiger partial charge in [-0.05, 0) is 74.6 Å². The number of piperidine rings is 2. The van der Waals surface area contributed by atoms with Crippen LogP contribution < -0.4 is 10.2 Å². The smallest absolute Gasteiger partial charge is 0.317 e. The number of carbonyl (C=O) groups excluding carboxylic acids is 2. The van der Waals surface area contributed by atoms with Gasteiger partial charge < -0.3 is 15.1 Å². The molecule has 142 valence electrons. The fourth-order valence-corrected chi connectivity index (χ4v) is 4.42. The highest BCUT2D eigenvalue weighted by atomic mass is 16.2. The molecule has 0 spiro atoms. The second-order valence-corrected chi connectivity index (χ2v) is 7.81. The zero-order chi connectivity index (χ0) is 18.5. The Labute approximate surface area is 156 Å². The molecule has 26 heavy (non-hydrogen) atoms. The topological polar surface area (TPSA) is 52.7 Å². The Morgan fingerprint density at radius 2 is 1.73 bits per heavy atom. The third-order valence-corrected chi connectivity index (χ3v) is 6.14. The summed E-state index contributed by atoms with van der Waals surface area (Å²) in [7, 11) is 1.70. The summed E-state index contributed by atoms with van der Waals surface area (Å²) in [4.78, 5) is 27.1. The minimum atomic E-state index is 0.0626. The van der Waals surface area contributed by atoms with Gasteiger partial charge in [0, 0.05) is 44.5 Å². The van der Waals surface area contributed by atoms with E-state index < -0.39 is 0 Å². The first kappa shape index (κ1) is 18.7. The number of aldehydes is 1. The van der Waals surface area contributed by atoms with Crippen LogP contribution in [0.25, 0.3) is 0 Å². The normalized spacial score (nSPS) is 19.5. The lowest BCUT2D eigenvalue weighted by atomic mass is 9.82. The van der Waals surface area contributed by atoms with E-state index in [1.165, 1.54) is 24.9 Å². The highest BCUT2D eigenvalue weighted by Gasteiger charge is 2.26. The van der Waals surface area contributed by atoms with Gasteiger partial charge in [-0.1, -0.05) is 0 Å². The van der Waals surface area contributed by atoms with Gasteiger partial charge in [0.1, 0.15) is 6.29 Å². The van der Waals surface area contributed by atoms with Gasteiger partial charge in [0.2, 0.25) is 0 Å². The first-order chi connectivity index (χ1) is 12.6. The first-order valence-electron chi connectivity index (χ1n) is 9.88. The minimum Gasteiger partial charge on any atom is -0.372 e. The molecule has 0 bridgehead atoms. The van der Waals surface area contributed by atoms with E-state index in [1.54, 1.807) is 7.05 Å². The number of carbonyl (C=O) groups is 2. The van der Waals surface area contributed by atoms with Crippen molar-refractivity contribution >= 4 is 18.0 Å². The zero-order valence-electron chi connectivity index (χ0n) is 16.0. The molecule has 0 aromatic heterocycles. The van der Waals surface area contributed by atoms with Crippen molar-refractivity contribution in [2.45, 2.75) is 39.0 Å². The van der Waals surface area contributed by atoms with Gasteiger partial charge >= 0.3 is 6.03 Å². The summed E-state index contributed by atoms with van der Waals surface area (Å²) in [6.07, 6.45) is 6.99. The molecule has 0 radical (unpaired) electrons. The maximum absolute atomic E-state index is 11.7. The molecule has 0 saturated carbocycles. The number of anilines is 1. The third kappa shape index (κ3) is 4.37. The van der Waals surface area contributed by atoms with Crippen molar-refractivity contribution in [2.75, 3.05) is 38.1 Å². The Hall–Kier alpha value is -2.04. The molecule has 1 aromatic carbocycles. The average Bonchev–Trinajstić information content (AvgIpc) is 2.68. The molecule has 5 heteroatoms. The number of aryl methyl sites for hydroxylation is 1. The SMILES string of the molecule is CNC(=O)N1CCC(CC2CCN(c3ccc(C=O)c(C)c3)CC2)CC1. The molecule has 2 aliphatic heterocycles. The molecule has 0 unspecified atom stereocenters. The number of hydrogen-bond donors (Lipinski definition) is 1. The molecular formula is C21H31N3O2. The van der Waals surface area contributed by atoms with Crippen molar-refractivity contribution in [1.82, 2.24) is 10.2 Å². The van der Waals surface area contributed by atoms with Crippen LogP contribution in [0.4, 0.5) is 10.5 Å². The molecule has 1 N–H and O–H groups in total. The van der Waals surface area contributed by atoms with Crippen LogP contribution >= 0.6 is 0 Å². The van der Waals surface area contributed by atoms with Gasteiger partial charge in [0.15, 0.2) is 0 Å². The Morgan fingerprint density at radius 1 is 1.12 bits per heavy atom. The summed E-state index contributed by atoms with van der Waals surface area (Å²) in [6.45, 7) is 5.99. The molecule has 2 aliphatic rings. The van der Waals surface area contributed by atoms with Crippen LogP contribution in [0.2, 0.25) is 0 Å². The van der Waals surface area contributed by atoms with Gasteiger partial charge in [0.25, 0.3) is 0 Å². The fraction of sp³-hybridized carbons (Fsp3) is 0.619. The van der Waals surface area contributed by atoms with Crippen LogP contribution in [-0.4, -0.2) is 50.4 Å². The maximum atomic E-state index is 11.7. The van der Waals surface area contributed by atoms with Crippen LogP contribution in [0.15, 0.2) is 18.2 Å². The van der Waals surface area contributed by atoms with E-state index in [1.807, 2.05) is 17.9 Å². The van der Waals surface area contributed by atoms with Crippen LogP contribution in [0.5, 0.6) is 0 Å². The van der Waals surface area contributed by atoms with E-state index in [4.69, 9.17) is 0 Å². The number of nitrogens with zero attached hydrogens (tertiary/aromatic N) is 2. The van der Waals surface area contributed by atoms with E-state index >= 15 is 0 Å². The van der Waals surface area contributed by atoms with Crippen molar-refractivity contribution in [2.24, 2.45) is 11.8 Å². The number of benzene rings is 1.